The number of nitrogens with zero attached hydrogens (tertiary/aromatic N) is 3. The molecule has 0 spiro atoms. The van der Waals surface area contributed by atoms with Gasteiger partial charge in [0.15, 0.2) is 5.58 Å². The van der Waals surface area contributed by atoms with Crippen LogP contribution in [0.2, 0.25) is 0 Å². The Hall–Kier alpha value is -3.85. The van der Waals surface area contributed by atoms with Gasteiger partial charge in [-0.25, -0.2) is 14.4 Å². The van der Waals surface area contributed by atoms with E-state index >= 15 is 0 Å². The first-order chi connectivity index (χ1) is 15.4. The van der Waals surface area contributed by atoms with Crippen LogP contribution in [0, 0.1) is 12.7 Å². The largest absolute Gasteiger partial charge is 0.436 e. The predicted octanol–water partition coefficient (Wildman–Crippen LogP) is 4.97. The standard InChI is InChI=1S/C23H14BrFN4O3/c1-12-6-7-29-20(8-12)26-11-16(23(29)31)21(30)27-14-3-5-19-18(10-14)28-22(32-19)15-9-13(25)2-4-17(15)24/h2-11H,1H3,(H,27,30). The second-order valence-corrected chi connectivity index (χ2v) is 8.04. The fourth-order valence-electron chi connectivity index (χ4n) is 3.31. The summed E-state index contributed by atoms with van der Waals surface area (Å²) in [6.07, 6.45) is 2.85. The summed E-state index contributed by atoms with van der Waals surface area (Å²) in [6, 6.07) is 12.6. The Morgan fingerprint density at radius 2 is 2.00 bits per heavy atom. The molecule has 0 aliphatic rings. The second kappa shape index (κ2) is 7.69. The number of hydrogen-bond acceptors (Lipinski definition) is 5. The average Bonchev–Trinajstić information content (AvgIpc) is 3.18. The summed E-state index contributed by atoms with van der Waals surface area (Å²) in [5.41, 5.74) is 2.71. The molecule has 0 saturated carbocycles. The Kier molecular flexibility index (Phi) is 4.82. The SMILES string of the molecule is Cc1ccn2c(=O)c(C(=O)Nc3ccc4oc(-c5cc(F)ccc5Br)nc4c3)cnc2c1. The van der Waals surface area contributed by atoms with Crippen molar-refractivity contribution in [2.24, 2.45) is 0 Å². The average molecular weight is 493 g/mol. The summed E-state index contributed by atoms with van der Waals surface area (Å²) >= 11 is 3.36. The van der Waals surface area contributed by atoms with Gasteiger partial charge in [-0.15, -0.1) is 0 Å². The van der Waals surface area contributed by atoms with Gasteiger partial charge in [-0.2, -0.15) is 0 Å². The minimum Gasteiger partial charge on any atom is -0.436 e. The van der Waals surface area contributed by atoms with E-state index in [9.17, 15) is 14.0 Å². The van der Waals surface area contributed by atoms with Gasteiger partial charge in [0, 0.05) is 22.6 Å². The number of benzene rings is 2. The van der Waals surface area contributed by atoms with E-state index < -0.39 is 17.3 Å². The van der Waals surface area contributed by atoms with E-state index in [-0.39, 0.29) is 11.5 Å². The van der Waals surface area contributed by atoms with Crippen molar-refractivity contribution in [3.63, 3.8) is 0 Å². The lowest BCUT2D eigenvalue weighted by Gasteiger charge is -2.06. The van der Waals surface area contributed by atoms with Gasteiger partial charge >= 0.3 is 0 Å². The monoisotopic (exact) mass is 492 g/mol. The van der Waals surface area contributed by atoms with E-state index in [1.54, 1.807) is 42.6 Å². The zero-order chi connectivity index (χ0) is 22.4. The molecule has 3 heterocycles. The number of rotatable bonds is 3. The predicted molar refractivity (Wildman–Crippen MR) is 121 cm³/mol. The molecule has 5 aromatic rings. The molecule has 3 aromatic heterocycles. The second-order valence-electron chi connectivity index (χ2n) is 7.19. The number of hydrogen-bond donors (Lipinski definition) is 1. The van der Waals surface area contributed by atoms with Crippen molar-refractivity contribution in [1.29, 1.82) is 0 Å². The Balaban J connectivity index is 1.47. The minimum absolute atomic E-state index is 0.0871. The van der Waals surface area contributed by atoms with Gasteiger partial charge in [0.05, 0.1) is 5.56 Å². The van der Waals surface area contributed by atoms with Gasteiger partial charge in [0.1, 0.15) is 22.5 Å². The third kappa shape index (κ3) is 3.56. The zero-order valence-corrected chi connectivity index (χ0v) is 18.2. The molecule has 158 valence electrons. The van der Waals surface area contributed by atoms with E-state index in [2.05, 4.69) is 31.2 Å². The normalized spacial score (nSPS) is 11.2. The maximum absolute atomic E-state index is 13.6. The fraction of sp³-hybridized carbons (Fsp3) is 0.0435. The molecule has 1 N–H and O–H groups in total. The molecule has 0 aliphatic heterocycles. The number of aromatic nitrogens is 3. The van der Waals surface area contributed by atoms with Crippen LogP contribution in [0.25, 0.3) is 28.2 Å². The van der Waals surface area contributed by atoms with Crippen LogP contribution in [0.3, 0.4) is 0 Å². The summed E-state index contributed by atoms with van der Waals surface area (Å²) in [5, 5.41) is 2.69. The molecular weight excluding hydrogens is 479 g/mol. The van der Waals surface area contributed by atoms with Gasteiger partial charge < -0.3 is 9.73 Å². The van der Waals surface area contributed by atoms with E-state index in [1.807, 2.05) is 6.92 Å². The molecule has 0 unspecified atom stereocenters. The number of amides is 1. The first-order valence-electron chi connectivity index (χ1n) is 9.54. The Morgan fingerprint density at radius 3 is 2.84 bits per heavy atom. The van der Waals surface area contributed by atoms with E-state index in [0.29, 0.717) is 32.5 Å². The van der Waals surface area contributed by atoms with Crippen LogP contribution in [0.1, 0.15) is 15.9 Å². The molecule has 32 heavy (non-hydrogen) atoms. The number of aryl methyl sites for hydroxylation is 1. The van der Waals surface area contributed by atoms with Crippen LogP contribution >= 0.6 is 15.9 Å². The lowest BCUT2D eigenvalue weighted by atomic mass is 10.2. The molecule has 0 radical (unpaired) electrons. The molecule has 1 amide bonds. The van der Waals surface area contributed by atoms with Gasteiger partial charge in [0.25, 0.3) is 11.5 Å². The topological polar surface area (TPSA) is 89.5 Å². The van der Waals surface area contributed by atoms with Crippen LogP contribution in [-0.2, 0) is 0 Å². The van der Waals surface area contributed by atoms with Crippen LogP contribution in [-0.4, -0.2) is 20.3 Å². The highest BCUT2D eigenvalue weighted by molar-refractivity contribution is 9.10. The summed E-state index contributed by atoms with van der Waals surface area (Å²) < 4.78 is 21.3. The van der Waals surface area contributed by atoms with Crippen molar-refractivity contribution in [3.05, 3.63) is 92.7 Å². The summed E-state index contributed by atoms with van der Waals surface area (Å²) in [7, 11) is 0. The molecule has 0 atom stereocenters. The lowest BCUT2D eigenvalue weighted by Crippen LogP contribution is -2.26. The number of anilines is 1. The van der Waals surface area contributed by atoms with Crippen molar-refractivity contribution in [2.45, 2.75) is 6.92 Å². The third-order valence-corrected chi connectivity index (χ3v) is 5.61. The van der Waals surface area contributed by atoms with E-state index in [4.69, 9.17) is 4.42 Å². The zero-order valence-electron chi connectivity index (χ0n) is 16.6. The molecule has 0 saturated heterocycles. The Labute approximate surface area is 188 Å². The smallest absolute Gasteiger partial charge is 0.270 e. The number of halogens is 2. The fourth-order valence-corrected chi connectivity index (χ4v) is 3.73. The van der Waals surface area contributed by atoms with Gasteiger partial charge in [-0.1, -0.05) is 0 Å². The molecule has 5 rings (SSSR count). The highest BCUT2D eigenvalue weighted by atomic mass is 79.9. The molecule has 0 bridgehead atoms. The molecule has 7 nitrogen and oxygen atoms in total. The van der Waals surface area contributed by atoms with Crippen molar-refractivity contribution < 1.29 is 13.6 Å². The molecule has 0 aliphatic carbocycles. The maximum Gasteiger partial charge on any atom is 0.270 e. The number of nitrogens with one attached hydrogen (secondary N) is 1. The molecular formula is C23H14BrFN4O3. The molecule has 2 aromatic carbocycles. The summed E-state index contributed by atoms with van der Waals surface area (Å²) in [6.45, 7) is 1.89. The Morgan fingerprint density at radius 1 is 1.16 bits per heavy atom. The quantitative estimate of drug-likeness (QED) is 0.384. The van der Waals surface area contributed by atoms with Gasteiger partial charge in [-0.05, 0) is 76.9 Å². The summed E-state index contributed by atoms with van der Waals surface area (Å²) in [4.78, 5) is 34.0. The van der Waals surface area contributed by atoms with Crippen LogP contribution in [0.5, 0.6) is 0 Å². The number of carbonyl (C=O) groups excluding carboxylic acids is 1. The lowest BCUT2D eigenvalue weighted by molar-refractivity contribution is 0.102. The van der Waals surface area contributed by atoms with Crippen molar-refractivity contribution in [1.82, 2.24) is 14.4 Å². The van der Waals surface area contributed by atoms with Crippen LogP contribution < -0.4 is 10.9 Å². The maximum atomic E-state index is 13.6. The highest BCUT2D eigenvalue weighted by Gasteiger charge is 2.16. The first-order valence-corrected chi connectivity index (χ1v) is 10.3. The van der Waals surface area contributed by atoms with Gasteiger partial charge in [0.2, 0.25) is 5.89 Å². The van der Waals surface area contributed by atoms with Crippen molar-refractivity contribution >= 4 is 44.3 Å². The number of pyridine rings is 1. The van der Waals surface area contributed by atoms with Crippen molar-refractivity contribution in [2.75, 3.05) is 5.32 Å². The first kappa shape index (κ1) is 20.1. The Bertz CT molecular complexity index is 1590. The van der Waals surface area contributed by atoms with E-state index in [1.165, 1.54) is 22.7 Å². The third-order valence-electron chi connectivity index (χ3n) is 4.91. The highest BCUT2D eigenvalue weighted by Crippen LogP contribution is 2.31. The van der Waals surface area contributed by atoms with Crippen molar-refractivity contribution in [3.8, 4) is 11.5 Å². The summed E-state index contributed by atoms with van der Waals surface area (Å²) in [5.74, 6) is -0.764. The van der Waals surface area contributed by atoms with Crippen LogP contribution in [0.15, 0.2) is 74.6 Å². The number of fused-ring (bicyclic) bond motifs is 2. The number of carbonyl (C=O) groups is 1. The minimum atomic E-state index is -0.589. The number of oxazole rings is 1. The molecule has 9 heteroatoms. The van der Waals surface area contributed by atoms with Crippen LogP contribution in [0.4, 0.5) is 10.1 Å². The van der Waals surface area contributed by atoms with Gasteiger partial charge in [-0.3, -0.25) is 14.0 Å². The van der Waals surface area contributed by atoms with E-state index in [0.717, 1.165) is 5.56 Å². The molecule has 0 fully saturated rings.